The molecule has 0 rings (SSSR count). The molecule has 0 spiro atoms. The number of hydrogen-bond donors (Lipinski definition) is 0. The van der Waals surface area contributed by atoms with E-state index in [1.807, 2.05) is 35.2 Å². The van der Waals surface area contributed by atoms with Gasteiger partial charge in [0.25, 0.3) is 0 Å². The van der Waals surface area contributed by atoms with Gasteiger partial charge in [0, 0.05) is 14.1 Å². The Morgan fingerprint density at radius 1 is 1.12 bits per heavy atom. The fraction of sp³-hybridized carbons (Fsp3) is 1.00. The lowest BCUT2D eigenvalue weighted by molar-refractivity contribution is -1.09. The van der Waals surface area contributed by atoms with Crippen LogP contribution in [0.5, 0.6) is 0 Å². The lowest BCUT2D eigenvalue weighted by Gasteiger charge is -2.23. The van der Waals surface area contributed by atoms with E-state index >= 15 is 0 Å². The molecule has 0 atom stereocenters. The summed E-state index contributed by atoms with van der Waals surface area (Å²) in [7, 11) is 9.60. The van der Waals surface area contributed by atoms with Crippen molar-refractivity contribution in [1.82, 2.24) is 5.06 Å². The lowest BCUT2D eigenvalue weighted by Crippen LogP contribution is -2.39. The fourth-order valence-corrected chi connectivity index (χ4v) is 0.490. The highest BCUT2D eigenvalue weighted by Crippen LogP contribution is 1.92. The molecule has 0 fully saturated rings. The lowest BCUT2D eigenvalue weighted by atomic mass is 10.9. The van der Waals surface area contributed by atoms with E-state index in [1.165, 1.54) is 0 Å². The van der Waals surface area contributed by atoms with E-state index in [0.717, 1.165) is 0 Å². The van der Waals surface area contributed by atoms with Gasteiger partial charge in [0.15, 0.2) is 0 Å². The number of hydrogen-bond acceptors (Lipinski definition) is 2. The standard InChI is InChI=1S/C5H15N2O/c1-6(2)8-7(3,4)5/h1-5H3/q+1. The van der Waals surface area contributed by atoms with Gasteiger partial charge in [0.1, 0.15) is 0 Å². The first-order valence-corrected chi connectivity index (χ1v) is 2.60. The molecule has 0 saturated heterocycles. The van der Waals surface area contributed by atoms with Gasteiger partial charge in [0.05, 0.1) is 21.1 Å². The number of nitrogens with zero attached hydrogens (tertiary/aromatic N) is 2. The number of rotatable bonds is 2. The van der Waals surface area contributed by atoms with E-state index in [2.05, 4.69) is 0 Å². The average Bonchev–Trinajstić information content (AvgIpc) is 1.21. The molecular formula is C5H15N2O+. The van der Waals surface area contributed by atoms with Crippen molar-refractivity contribution in [2.75, 3.05) is 35.2 Å². The predicted molar refractivity (Wildman–Crippen MR) is 32.8 cm³/mol. The molecule has 0 heterocycles. The monoisotopic (exact) mass is 119 g/mol. The van der Waals surface area contributed by atoms with Crippen LogP contribution in [-0.2, 0) is 4.94 Å². The predicted octanol–water partition coefficient (Wildman–Crippen LogP) is 0.101. The SMILES string of the molecule is CN(C)O[N+](C)(C)C. The summed E-state index contributed by atoms with van der Waals surface area (Å²) in [4.78, 5) is 5.21. The first-order chi connectivity index (χ1) is 3.42. The molecule has 0 N–H and O–H groups in total. The Bertz CT molecular complexity index is 65.3. The summed E-state index contributed by atoms with van der Waals surface area (Å²) in [6, 6.07) is 0. The fourth-order valence-electron chi connectivity index (χ4n) is 0.490. The summed E-state index contributed by atoms with van der Waals surface area (Å²) < 4.78 is 0.507. The molecular weight excluding hydrogens is 104 g/mol. The van der Waals surface area contributed by atoms with E-state index < -0.39 is 0 Å². The molecule has 0 saturated carbocycles. The first-order valence-electron chi connectivity index (χ1n) is 2.60. The van der Waals surface area contributed by atoms with E-state index in [-0.39, 0.29) is 0 Å². The molecule has 3 nitrogen and oxygen atoms in total. The highest BCUT2D eigenvalue weighted by atomic mass is 16.9. The Labute approximate surface area is 51.0 Å². The maximum Gasteiger partial charge on any atom is 0.1000 e. The largest absolute Gasteiger partial charge is 0.167 e. The molecule has 0 aromatic carbocycles. The Morgan fingerprint density at radius 2 is 1.50 bits per heavy atom. The zero-order chi connectivity index (χ0) is 6.78. The summed E-state index contributed by atoms with van der Waals surface area (Å²) in [6.45, 7) is 0. The Kier molecular flexibility index (Phi) is 2.40. The van der Waals surface area contributed by atoms with E-state index in [1.54, 1.807) is 5.06 Å². The third-order valence-electron chi connectivity index (χ3n) is 0.408. The second kappa shape index (κ2) is 2.44. The van der Waals surface area contributed by atoms with Gasteiger partial charge < -0.3 is 0 Å². The maximum atomic E-state index is 5.21. The summed E-state index contributed by atoms with van der Waals surface area (Å²) in [5, 5.41) is 1.68. The minimum absolute atomic E-state index is 0.507. The minimum Gasteiger partial charge on any atom is -0.167 e. The second-order valence-electron chi connectivity index (χ2n) is 2.78. The molecule has 8 heavy (non-hydrogen) atoms. The van der Waals surface area contributed by atoms with Gasteiger partial charge in [-0.2, -0.15) is 4.65 Å². The second-order valence-corrected chi connectivity index (χ2v) is 2.78. The van der Waals surface area contributed by atoms with Crippen molar-refractivity contribution in [1.29, 1.82) is 0 Å². The van der Waals surface area contributed by atoms with E-state index in [0.29, 0.717) is 4.65 Å². The van der Waals surface area contributed by atoms with Gasteiger partial charge in [-0.3, -0.25) is 0 Å². The summed E-state index contributed by atoms with van der Waals surface area (Å²) in [5.41, 5.74) is 0. The van der Waals surface area contributed by atoms with Gasteiger partial charge in [-0.15, -0.1) is 10.0 Å². The minimum atomic E-state index is 0.507. The number of hydroxylamine groups is 5. The van der Waals surface area contributed by atoms with Gasteiger partial charge in [-0.25, -0.2) is 0 Å². The molecule has 0 aliphatic rings. The molecule has 0 aliphatic heterocycles. The van der Waals surface area contributed by atoms with Crippen molar-refractivity contribution in [3.05, 3.63) is 0 Å². The third-order valence-corrected chi connectivity index (χ3v) is 0.408. The Morgan fingerprint density at radius 3 is 1.50 bits per heavy atom. The zero-order valence-electron chi connectivity index (χ0n) is 6.30. The van der Waals surface area contributed by atoms with Crippen molar-refractivity contribution in [3.8, 4) is 0 Å². The highest BCUT2D eigenvalue weighted by molar-refractivity contribution is 3.97. The van der Waals surface area contributed by atoms with Gasteiger partial charge in [0.2, 0.25) is 0 Å². The highest BCUT2D eigenvalue weighted by Gasteiger charge is 2.08. The number of quaternary nitrogens is 1. The van der Waals surface area contributed by atoms with Gasteiger partial charge >= 0.3 is 0 Å². The van der Waals surface area contributed by atoms with Crippen LogP contribution in [0, 0.1) is 0 Å². The molecule has 0 unspecified atom stereocenters. The molecule has 0 aromatic heterocycles. The normalized spacial score (nSPS) is 12.8. The Balaban J connectivity index is 3.39. The molecule has 0 radical (unpaired) electrons. The van der Waals surface area contributed by atoms with Crippen molar-refractivity contribution in [3.63, 3.8) is 0 Å². The van der Waals surface area contributed by atoms with Crippen LogP contribution in [0.15, 0.2) is 0 Å². The van der Waals surface area contributed by atoms with Crippen molar-refractivity contribution in [2.45, 2.75) is 0 Å². The molecule has 0 bridgehead atoms. The average molecular weight is 119 g/mol. The van der Waals surface area contributed by atoms with Crippen LogP contribution < -0.4 is 0 Å². The van der Waals surface area contributed by atoms with Crippen molar-refractivity contribution >= 4 is 0 Å². The van der Waals surface area contributed by atoms with Crippen molar-refractivity contribution < 1.29 is 9.58 Å². The summed E-state index contributed by atoms with van der Waals surface area (Å²) >= 11 is 0. The maximum absolute atomic E-state index is 5.21. The Hall–Kier alpha value is -0.120. The van der Waals surface area contributed by atoms with Crippen LogP contribution in [0.2, 0.25) is 0 Å². The van der Waals surface area contributed by atoms with E-state index in [4.69, 9.17) is 4.94 Å². The van der Waals surface area contributed by atoms with E-state index in [9.17, 15) is 0 Å². The van der Waals surface area contributed by atoms with Crippen LogP contribution in [0.25, 0.3) is 0 Å². The first kappa shape index (κ1) is 7.88. The topological polar surface area (TPSA) is 12.5 Å². The summed E-state index contributed by atoms with van der Waals surface area (Å²) in [6.07, 6.45) is 0. The smallest absolute Gasteiger partial charge is 0.1000 e. The third kappa shape index (κ3) is 5.88. The molecule has 50 valence electrons. The molecule has 3 heteroatoms. The quantitative estimate of drug-likeness (QED) is 0.377. The van der Waals surface area contributed by atoms with Crippen LogP contribution in [0.3, 0.4) is 0 Å². The van der Waals surface area contributed by atoms with Crippen molar-refractivity contribution in [2.24, 2.45) is 0 Å². The van der Waals surface area contributed by atoms with Gasteiger partial charge in [-0.05, 0) is 0 Å². The van der Waals surface area contributed by atoms with Crippen LogP contribution in [-0.4, -0.2) is 44.9 Å². The summed E-state index contributed by atoms with van der Waals surface area (Å²) in [5.74, 6) is 0. The van der Waals surface area contributed by atoms with Gasteiger partial charge in [-0.1, -0.05) is 0 Å². The molecule has 0 aromatic rings. The molecule has 0 aliphatic carbocycles. The van der Waals surface area contributed by atoms with Crippen LogP contribution in [0.1, 0.15) is 0 Å². The van der Waals surface area contributed by atoms with Crippen LogP contribution in [0.4, 0.5) is 0 Å². The molecule has 0 amide bonds. The van der Waals surface area contributed by atoms with Crippen LogP contribution >= 0.6 is 0 Å². The zero-order valence-corrected chi connectivity index (χ0v) is 6.30.